The summed E-state index contributed by atoms with van der Waals surface area (Å²) in [5.41, 5.74) is 1.18. The molecule has 2 rings (SSSR count). The number of Topliss-reactive ketones (excluding diaryl/α,β-unsaturated/α-hetero) is 1. The van der Waals surface area contributed by atoms with Crippen molar-refractivity contribution in [2.75, 3.05) is 0 Å². The molecule has 74 valence electrons. The van der Waals surface area contributed by atoms with Gasteiger partial charge in [-0.2, -0.15) is 0 Å². The molecule has 2 heteroatoms. The standard InChI is InChI=1S/C12H14O2/c13-11-6-4-9(5-7-11)10-2-1-3-12(14)8-10/h4-7,10,13H,1-3,8H2/t10-/m1/s1. The number of carbonyl (C=O) groups is 1. The molecule has 1 saturated carbocycles. The third-order valence-electron chi connectivity index (χ3n) is 2.85. The van der Waals surface area contributed by atoms with E-state index in [-0.39, 0.29) is 5.75 Å². The van der Waals surface area contributed by atoms with Gasteiger partial charge in [0.2, 0.25) is 0 Å². The van der Waals surface area contributed by atoms with Crippen LogP contribution in [0.15, 0.2) is 24.3 Å². The summed E-state index contributed by atoms with van der Waals surface area (Å²) < 4.78 is 0. The first kappa shape index (κ1) is 9.25. The Kier molecular flexibility index (Phi) is 2.53. The van der Waals surface area contributed by atoms with E-state index < -0.39 is 0 Å². The first-order valence-corrected chi connectivity index (χ1v) is 5.06. The minimum Gasteiger partial charge on any atom is -0.508 e. The van der Waals surface area contributed by atoms with Crippen molar-refractivity contribution < 1.29 is 9.90 Å². The fourth-order valence-electron chi connectivity index (χ4n) is 2.06. The van der Waals surface area contributed by atoms with E-state index in [1.807, 2.05) is 12.1 Å². The van der Waals surface area contributed by atoms with Crippen molar-refractivity contribution in [2.24, 2.45) is 0 Å². The van der Waals surface area contributed by atoms with Gasteiger partial charge in [-0.05, 0) is 36.5 Å². The van der Waals surface area contributed by atoms with E-state index in [0.29, 0.717) is 18.1 Å². The zero-order valence-electron chi connectivity index (χ0n) is 8.07. The normalized spacial score (nSPS) is 22.3. The summed E-state index contributed by atoms with van der Waals surface area (Å²) in [6.45, 7) is 0. The minimum absolute atomic E-state index is 0.288. The van der Waals surface area contributed by atoms with E-state index in [2.05, 4.69) is 0 Å². The molecule has 1 fully saturated rings. The Hall–Kier alpha value is -1.31. The van der Waals surface area contributed by atoms with Crippen molar-refractivity contribution in [3.8, 4) is 5.75 Å². The van der Waals surface area contributed by atoms with Gasteiger partial charge in [-0.25, -0.2) is 0 Å². The van der Waals surface area contributed by atoms with Gasteiger partial charge in [0, 0.05) is 12.8 Å². The Bertz CT molecular complexity index is 327. The van der Waals surface area contributed by atoms with E-state index in [4.69, 9.17) is 5.11 Å². The molecule has 0 heterocycles. The number of carbonyl (C=O) groups excluding carboxylic acids is 1. The molecule has 1 aromatic rings. The Morgan fingerprint density at radius 2 is 1.93 bits per heavy atom. The molecule has 1 aliphatic rings. The molecule has 0 bridgehead atoms. The van der Waals surface area contributed by atoms with Crippen LogP contribution in [-0.4, -0.2) is 10.9 Å². The predicted molar refractivity (Wildman–Crippen MR) is 54.3 cm³/mol. The Labute approximate surface area is 83.6 Å². The largest absolute Gasteiger partial charge is 0.508 e. The molecule has 0 spiro atoms. The third-order valence-corrected chi connectivity index (χ3v) is 2.85. The molecule has 0 unspecified atom stereocenters. The summed E-state index contributed by atoms with van der Waals surface area (Å²) in [6, 6.07) is 7.21. The lowest BCUT2D eigenvalue weighted by molar-refractivity contribution is -0.120. The summed E-state index contributed by atoms with van der Waals surface area (Å²) in [6.07, 6.45) is 3.51. The van der Waals surface area contributed by atoms with Crippen molar-refractivity contribution in [1.29, 1.82) is 0 Å². The van der Waals surface area contributed by atoms with Crippen molar-refractivity contribution in [1.82, 2.24) is 0 Å². The summed E-state index contributed by atoms with van der Waals surface area (Å²) in [5, 5.41) is 9.14. The third kappa shape index (κ3) is 1.95. The summed E-state index contributed by atoms with van der Waals surface area (Å²) in [4.78, 5) is 11.3. The highest BCUT2D eigenvalue weighted by molar-refractivity contribution is 5.80. The number of hydrogen-bond donors (Lipinski definition) is 1. The van der Waals surface area contributed by atoms with E-state index in [9.17, 15) is 4.79 Å². The minimum atomic E-state index is 0.288. The molecule has 0 amide bonds. The van der Waals surface area contributed by atoms with Gasteiger partial charge in [0.05, 0.1) is 0 Å². The first-order valence-electron chi connectivity index (χ1n) is 5.06. The highest BCUT2D eigenvalue weighted by atomic mass is 16.3. The van der Waals surface area contributed by atoms with Gasteiger partial charge in [0.15, 0.2) is 0 Å². The van der Waals surface area contributed by atoms with Crippen LogP contribution in [0.4, 0.5) is 0 Å². The van der Waals surface area contributed by atoms with Crippen molar-refractivity contribution in [3.63, 3.8) is 0 Å². The zero-order valence-corrected chi connectivity index (χ0v) is 8.07. The van der Waals surface area contributed by atoms with Crippen molar-refractivity contribution in [2.45, 2.75) is 31.6 Å². The van der Waals surface area contributed by atoms with Crippen LogP contribution in [0.1, 0.15) is 37.2 Å². The van der Waals surface area contributed by atoms with E-state index in [1.165, 1.54) is 5.56 Å². The smallest absolute Gasteiger partial charge is 0.133 e. The Balaban J connectivity index is 2.14. The number of ketones is 1. The molecule has 0 radical (unpaired) electrons. The van der Waals surface area contributed by atoms with Crippen LogP contribution in [0.5, 0.6) is 5.75 Å². The summed E-state index contributed by atoms with van der Waals surface area (Å²) in [7, 11) is 0. The number of phenolic OH excluding ortho intramolecular Hbond substituents is 1. The molecule has 2 nitrogen and oxygen atoms in total. The van der Waals surface area contributed by atoms with Crippen molar-refractivity contribution in [3.05, 3.63) is 29.8 Å². The van der Waals surface area contributed by atoms with Crippen LogP contribution >= 0.6 is 0 Å². The average molecular weight is 190 g/mol. The van der Waals surface area contributed by atoms with Gasteiger partial charge in [0.1, 0.15) is 11.5 Å². The van der Waals surface area contributed by atoms with Crippen LogP contribution in [0.3, 0.4) is 0 Å². The van der Waals surface area contributed by atoms with Gasteiger partial charge < -0.3 is 5.11 Å². The fourth-order valence-corrected chi connectivity index (χ4v) is 2.06. The SMILES string of the molecule is O=C1CCC[C@@H](c2ccc(O)cc2)C1. The second-order valence-corrected chi connectivity index (χ2v) is 3.92. The molecule has 1 N–H and O–H groups in total. The number of aromatic hydroxyl groups is 1. The monoisotopic (exact) mass is 190 g/mol. The molecule has 0 aliphatic heterocycles. The molecule has 1 aliphatic carbocycles. The predicted octanol–water partition coefficient (Wildman–Crippen LogP) is 2.62. The van der Waals surface area contributed by atoms with Gasteiger partial charge in [-0.1, -0.05) is 12.1 Å². The van der Waals surface area contributed by atoms with Gasteiger partial charge in [-0.15, -0.1) is 0 Å². The second kappa shape index (κ2) is 3.82. The number of phenols is 1. The highest BCUT2D eigenvalue weighted by Crippen LogP contribution is 2.31. The molecule has 0 saturated heterocycles. The van der Waals surface area contributed by atoms with Gasteiger partial charge in [0.25, 0.3) is 0 Å². The Morgan fingerprint density at radius 3 is 2.57 bits per heavy atom. The lowest BCUT2D eigenvalue weighted by Gasteiger charge is -2.20. The highest BCUT2D eigenvalue weighted by Gasteiger charge is 2.20. The maximum absolute atomic E-state index is 11.3. The first-order chi connectivity index (χ1) is 6.75. The fraction of sp³-hybridized carbons (Fsp3) is 0.417. The topological polar surface area (TPSA) is 37.3 Å². The molecule has 14 heavy (non-hydrogen) atoms. The summed E-state index contributed by atoms with van der Waals surface area (Å²) >= 11 is 0. The molecular formula is C12H14O2. The summed E-state index contributed by atoms with van der Waals surface area (Å²) in [5.74, 6) is 1.03. The Morgan fingerprint density at radius 1 is 1.21 bits per heavy atom. The van der Waals surface area contributed by atoms with Crippen molar-refractivity contribution >= 4 is 5.78 Å². The average Bonchev–Trinajstić information content (AvgIpc) is 2.19. The number of hydrogen-bond acceptors (Lipinski definition) is 2. The lowest BCUT2D eigenvalue weighted by Crippen LogP contribution is -2.13. The maximum Gasteiger partial charge on any atom is 0.133 e. The van der Waals surface area contributed by atoms with Crippen LogP contribution in [0.25, 0.3) is 0 Å². The maximum atomic E-state index is 11.3. The molecular weight excluding hydrogens is 176 g/mol. The van der Waals surface area contributed by atoms with E-state index in [1.54, 1.807) is 12.1 Å². The quantitative estimate of drug-likeness (QED) is 0.739. The molecule has 0 aromatic heterocycles. The van der Waals surface area contributed by atoms with Crippen LogP contribution in [0.2, 0.25) is 0 Å². The molecule has 1 aromatic carbocycles. The van der Waals surface area contributed by atoms with Crippen LogP contribution in [-0.2, 0) is 4.79 Å². The van der Waals surface area contributed by atoms with Gasteiger partial charge >= 0.3 is 0 Å². The van der Waals surface area contributed by atoms with Crippen LogP contribution in [0, 0.1) is 0 Å². The van der Waals surface area contributed by atoms with E-state index >= 15 is 0 Å². The number of benzene rings is 1. The zero-order chi connectivity index (χ0) is 9.97. The van der Waals surface area contributed by atoms with Crippen LogP contribution < -0.4 is 0 Å². The number of rotatable bonds is 1. The lowest BCUT2D eigenvalue weighted by atomic mass is 9.83. The second-order valence-electron chi connectivity index (χ2n) is 3.92. The molecule has 1 atom stereocenters. The van der Waals surface area contributed by atoms with E-state index in [0.717, 1.165) is 19.3 Å². The van der Waals surface area contributed by atoms with Gasteiger partial charge in [-0.3, -0.25) is 4.79 Å².